The molecule has 0 aromatic heterocycles. The van der Waals surface area contributed by atoms with Gasteiger partial charge < -0.3 is 10.4 Å². The number of nitrogens with one attached hydrogen (secondary N) is 1. The van der Waals surface area contributed by atoms with Crippen LogP contribution in [0.5, 0.6) is 0 Å². The lowest BCUT2D eigenvalue weighted by Gasteiger charge is -2.34. The zero-order valence-corrected chi connectivity index (χ0v) is 9.56. The smallest absolute Gasteiger partial charge is 0.392 e. The third-order valence-corrected chi connectivity index (χ3v) is 3.27. The van der Waals surface area contributed by atoms with E-state index in [0.717, 1.165) is 6.42 Å². The summed E-state index contributed by atoms with van der Waals surface area (Å²) in [7, 11) is 0. The first kappa shape index (κ1) is 13.8. The van der Waals surface area contributed by atoms with Crippen molar-refractivity contribution in [2.45, 2.75) is 57.3 Å². The average Bonchev–Trinajstić information content (AvgIpc) is 2.25. The van der Waals surface area contributed by atoms with Gasteiger partial charge in [-0.3, -0.25) is 0 Å². The van der Waals surface area contributed by atoms with Crippen molar-refractivity contribution in [2.75, 3.05) is 6.54 Å². The SMILES string of the molecule is CCC(O)CNC1CCCCC1C(F)(F)F. The Kier molecular flexibility index (Phi) is 5.05. The van der Waals surface area contributed by atoms with Crippen LogP contribution in [0.1, 0.15) is 39.0 Å². The Hall–Kier alpha value is -0.290. The van der Waals surface area contributed by atoms with Crippen molar-refractivity contribution in [3.63, 3.8) is 0 Å². The molecule has 0 spiro atoms. The van der Waals surface area contributed by atoms with E-state index in [1.807, 2.05) is 6.92 Å². The molecule has 0 aromatic rings. The van der Waals surface area contributed by atoms with Gasteiger partial charge in [-0.15, -0.1) is 0 Å². The molecule has 3 atom stereocenters. The highest BCUT2D eigenvalue weighted by Crippen LogP contribution is 2.37. The molecule has 5 heteroatoms. The molecular formula is C11H20F3NO. The Morgan fingerprint density at radius 2 is 1.94 bits per heavy atom. The number of aliphatic hydroxyl groups excluding tert-OH is 1. The van der Waals surface area contributed by atoms with E-state index in [1.165, 1.54) is 0 Å². The summed E-state index contributed by atoms with van der Waals surface area (Å²) in [5, 5.41) is 12.2. The Labute approximate surface area is 94.2 Å². The van der Waals surface area contributed by atoms with Crippen molar-refractivity contribution in [1.82, 2.24) is 5.32 Å². The van der Waals surface area contributed by atoms with E-state index in [0.29, 0.717) is 19.3 Å². The number of rotatable bonds is 4. The maximum atomic E-state index is 12.7. The Morgan fingerprint density at radius 1 is 1.31 bits per heavy atom. The van der Waals surface area contributed by atoms with Crippen LogP contribution in [0.2, 0.25) is 0 Å². The number of alkyl halides is 3. The van der Waals surface area contributed by atoms with Crippen molar-refractivity contribution < 1.29 is 18.3 Å². The molecule has 1 fully saturated rings. The predicted molar refractivity (Wildman–Crippen MR) is 56.1 cm³/mol. The summed E-state index contributed by atoms with van der Waals surface area (Å²) in [4.78, 5) is 0. The quantitative estimate of drug-likeness (QED) is 0.790. The minimum atomic E-state index is -4.12. The molecule has 1 saturated carbocycles. The molecule has 1 rings (SSSR count). The maximum Gasteiger partial charge on any atom is 0.393 e. The van der Waals surface area contributed by atoms with Gasteiger partial charge in [0.05, 0.1) is 12.0 Å². The maximum absolute atomic E-state index is 12.7. The molecule has 96 valence electrons. The van der Waals surface area contributed by atoms with Crippen LogP contribution in [-0.4, -0.2) is 30.0 Å². The Balaban J connectivity index is 2.47. The van der Waals surface area contributed by atoms with Crippen molar-refractivity contribution >= 4 is 0 Å². The van der Waals surface area contributed by atoms with E-state index < -0.39 is 24.2 Å². The van der Waals surface area contributed by atoms with Crippen molar-refractivity contribution in [2.24, 2.45) is 5.92 Å². The van der Waals surface area contributed by atoms with Gasteiger partial charge in [-0.2, -0.15) is 13.2 Å². The number of aliphatic hydroxyl groups is 1. The van der Waals surface area contributed by atoms with Gasteiger partial charge >= 0.3 is 6.18 Å². The average molecular weight is 239 g/mol. The molecule has 16 heavy (non-hydrogen) atoms. The molecule has 2 N–H and O–H groups in total. The monoisotopic (exact) mass is 239 g/mol. The molecule has 0 radical (unpaired) electrons. The fourth-order valence-electron chi connectivity index (χ4n) is 2.20. The van der Waals surface area contributed by atoms with Crippen LogP contribution < -0.4 is 5.32 Å². The van der Waals surface area contributed by atoms with Gasteiger partial charge in [0.1, 0.15) is 0 Å². The van der Waals surface area contributed by atoms with Crippen LogP contribution in [-0.2, 0) is 0 Å². The second-order valence-corrected chi connectivity index (χ2v) is 4.51. The van der Waals surface area contributed by atoms with Gasteiger partial charge in [0.25, 0.3) is 0 Å². The van der Waals surface area contributed by atoms with E-state index in [9.17, 15) is 18.3 Å². The van der Waals surface area contributed by atoms with E-state index in [4.69, 9.17) is 0 Å². The summed E-state index contributed by atoms with van der Waals surface area (Å²) in [6, 6.07) is -0.519. The van der Waals surface area contributed by atoms with Crippen LogP contribution >= 0.6 is 0 Å². The number of hydrogen-bond donors (Lipinski definition) is 2. The van der Waals surface area contributed by atoms with Crippen LogP contribution in [0.25, 0.3) is 0 Å². The van der Waals surface area contributed by atoms with Crippen LogP contribution in [0, 0.1) is 5.92 Å². The van der Waals surface area contributed by atoms with E-state index in [-0.39, 0.29) is 13.0 Å². The summed E-state index contributed by atoms with van der Waals surface area (Å²) in [5.74, 6) is -1.25. The summed E-state index contributed by atoms with van der Waals surface area (Å²) in [6.45, 7) is 2.07. The minimum Gasteiger partial charge on any atom is -0.392 e. The van der Waals surface area contributed by atoms with Gasteiger partial charge in [-0.05, 0) is 19.3 Å². The van der Waals surface area contributed by atoms with Crippen molar-refractivity contribution in [3.8, 4) is 0 Å². The van der Waals surface area contributed by atoms with Crippen molar-refractivity contribution in [3.05, 3.63) is 0 Å². The Morgan fingerprint density at radius 3 is 2.50 bits per heavy atom. The van der Waals surface area contributed by atoms with Gasteiger partial charge in [0, 0.05) is 12.6 Å². The molecule has 0 amide bonds. The molecule has 0 bridgehead atoms. The number of hydrogen-bond acceptors (Lipinski definition) is 2. The fraction of sp³-hybridized carbons (Fsp3) is 1.00. The highest BCUT2D eigenvalue weighted by Gasteiger charge is 2.45. The molecule has 0 heterocycles. The van der Waals surface area contributed by atoms with Crippen molar-refractivity contribution in [1.29, 1.82) is 0 Å². The Bertz CT molecular complexity index is 208. The third-order valence-electron chi connectivity index (χ3n) is 3.27. The topological polar surface area (TPSA) is 32.3 Å². The van der Waals surface area contributed by atoms with Gasteiger partial charge in [-0.1, -0.05) is 19.8 Å². The highest BCUT2D eigenvalue weighted by atomic mass is 19.4. The first-order valence-electron chi connectivity index (χ1n) is 5.93. The first-order valence-corrected chi connectivity index (χ1v) is 5.93. The lowest BCUT2D eigenvalue weighted by Crippen LogP contribution is -2.47. The largest absolute Gasteiger partial charge is 0.393 e. The van der Waals surface area contributed by atoms with E-state index in [1.54, 1.807) is 0 Å². The zero-order chi connectivity index (χ0) is 12.2. The summed E-state index contributed by atoms with van der Waals surface area (Å²) >= 11 is 0. The van der Waals surface area contributed by atoms with E-state index in [2.05, 4.69) is 5.32 Å². The standard InChI is InChI=1S/C11H20F3NO/c1-2-8(16)7-15-10-6-4-3-5-9(10)11(12,13)14/h8-10,15-16H,2-7H2,1H3. The van der Waals surface area contributed by atoms with Gasteiger partial charge in [-0.25, -0.2) is 0 Å². The third kappa shape index (κ3) is 3.94. The molecule has 1 aliphatic carbocycles. The molecule has 3 unspecified atom stereocenters. The molecule has 1 aliphatic rings. The second-order valence-electron chi connectivity index (χ2n) is 4.51. The predicted octanol–water partition coefficient (Wildman–Crippen LogP) is 2.47. The summed E-state index contributed by atoms with van der Waals surface area (Å²) < 4.78 is 38.1. The van der Waals surface area contributed by atoms with Crippen LogP contribution in [0.3, 0.4) is 0 Å². The molecule has 0 aliphatic heterocycles. The molecule has 0 aromatic carbocycles. The summed E-state index contributed by atoms with van der Waals surface area (Å²) in [6.07, 6.45) is -1.84. The minimum absolute atomic E-state index is 0.212. The van der Waals surface area contributed by atoms with Gasteiger partial charge in [0.15, 0.2) is 0 Å². The zero-order valence-electron chi connectivity index (χ0n) is 9.56. The lowest BCUT2D eigenvalue weighted by atomic mass is 9.84. The first-order chi connectivity index (χ1) is 7.45. The van der Waals surface area contributed by atoms with Crippen LogP contribution in [0.4, 0.5) is 13.2 Å². The number of halogens is 3. The fourth-order valence-corrected chi connectivity index (χ4v) is 2.20. The molecular weight excluding hydrogens is 219 g/mol. The van der Waals surface area contributed by atoms with Crippen LogP contribution in [0.15, 0.2) is 0 Å². The van der Waals surface area contributed by atoms with E-state index >= 15 is 0 Å². The van der Waals surface area contributed by atoms with Gasteiger partial charge in [0.2, 0.25) is 0 Å². The summed E-state index contributed by atoms with van der Waals surface area (Å²) in [5.41, 5.74) is 0. The molecule has 0 saturated heterocycles. The normalized spacial score (nSPS) is 29.1. The highest BCUT2D eigenvalue weighted by molar-refractivity contribution is 4.85. The second kappa shape index (κ2) is 5.87. The lowest BCUT2D eigenvalue weighted by molar-refractivity contribution is -0.189. The molecule has 2 nitrogen and oxygen atoms in total.